The van der Waals surface area contributed by atoms with E-state index in [1.807, 2.05) is 19.1 Å². The van der Waals surface area contributed by atoms with Crippen LogP contribution < -0.4 is 5.73 Å². The van der Waals surface area contributed by atoms with Crippen molar-refractivity contribution >= 4 is 11.9 Å². The van der Waals surface area contributed by atoms with Gasteiger partial charge in [-0.2, -0.15) is 0 Å². The van der Waals surface area contributed by atoms with Gasteiger partial charge in [0.2, 0.25) is 5.95 Å². The molecule has 6 heteroatoms. The first kappa shape index (κ1) is 17.0. The second-order valence-electron chi connectivity index (χ2n) is 5.55. The number of furan rings is 1. The van der Waals surface area contributed by atoms with Crippen LogP contribution in [0.1, 0.15) is 49.4 Å². The minimum atomic E-state index is -0.154. The van der Waals surface area contributed by atoms with Gasteiger partial charge in [0.05, 0.1) is 0 Å². The van der Waals surface area contributed by atoms with Crippen LogP contribution >= 0.6 is 0 Å². The lowest BCUT2D eigenvalue weighted by Gasteiger charge is -2.16. The second kappa shape index (κ2) is 7.76. The molecule has 23 heavy (non-hydrogen) atoms. The molecule has 0 aliphatic heterocycles. The SMILES string of the molecule is CCCCCN(C)C(=O)c1cc(-c2ccc(CC)o2)nc(N)n1. The van der Waals surface area contributed by atoms with E-state index in [1.54, 1.807) is 18.0 Å². The van der Waals surface area contributed by atoms with Gasteiger partial charge in [0.1, 0.15) is 17.1 Å². The molecule has 0 aliphatic rings. The average molecular weight is 316 g/mol. The van der Waals surface area contributed by atoms with Crippen LogP contribution in [0.4, 0.5) is 5.95 Å². The lowest BCUT2D eigenvalue weighted by atomic mass is 10.2. The number of hydrogen-bond donors (Lipinski definition) is 1. The standard InChI is InChI=1S/C17H24N4O2/c1-4-6-7-10-21(3)16(22)14-11-13(19-17(18)20-14)15-9-8-12(5-2)23-15/h8-9,11H,4-7,10H2,1-3H3,(H2,18,19,20). The van der Waals surface area contributed by atoms with Crippen molar-refractivity contribution in [2.24, 2.45) is 0 Å². The quantitative estimate of drug-likeness (QED) is 0.793. The number of carbonyl (C=O) groups is 1. The normalized spacial score (nSPS) is 10.7. The first-order valence-electron chi connectivity index (χ1n) is 8.04. The van der Waals surface area contributed by atoms with Crippen molar-refractivity contribution in [1.29, 1.82) is 0 Å². The first-order chi connectivity index (χ1) is 11.0. The van der Waals surface area contributed by atoms with Gasteiger partial charge in [-0.15, -0.1) is 0 Å². The van der Waals surface area contributed by atoms with E-state index in [0.717, 1.165) is 31.4 Å². The van der Waals surface area contributed by atoms with E-state index < -0.39 is 0 Å². The largest absolute Gasteiger partial charge is 0.459 e. The van der Waals surface area contributed by atoms with Gasteiger partial charge in [0.15, 0.2) is 5.76 Å². The van der Waals surface area contributed by atoms with E-state index in [2.05, 4.69) is 16.9 Å². The number of amides is 1. The highest BCUT2D eigenvalue weighted by Crippen LogP contribution is 2.22. The van der Waals surface area contributed by atoms with E-state index >= 15 is 0 Å². The summed E-state index contributed by atoms with van der Waals surface area (Å²) in [5.41, 5.74) is 6.58. The number of anilines is 1. The van der Waals surface area contributed by atoms with Crippen molar-refractivity contribution in [2.45, 2.75) is 39.5 Å². The molecule has 0 saturated carbocycles. The highest BCUT2D eigenvalue weighted by atomic mass is 16.3. The van der Waals surface area contributed by atoms with Crippen LogP contribution in [0.15, 0.2) is 22.6 Å². The van der Waals surface area contributed by atoms with Crippen molar-refractivity contribution in [1.82, 2.24) is 14.9 Å². The Bertz CT molecular complexity index is 666. The topological polar surface area (TPSA) is 85.2 Å². The molecule has 0 bridgehead atoms. The number of nitrogens with two attached hydrogens (primary N) is 1. The second-order valence-corrected chi connectivity index (χ2v) is 5.55. The Hall–Kier alpha value is -2.37. The monoisotopic (exact) mass is 316 g/mol. The third-order valence-corrected chi connectivity index (χ3v) is 3.67. The van der Waals surface area contributed by atoms with Crippen LogP contribution in [0.3, 0.4) is 0 Å². The van der Waals surface area contributed by atoms with Crippen LogP contribution in [-0.4, -0.2) is 34.4 Å². The summed E-state index contributed by atoms with van der Waals surface area (Å²) in [6.45, 7) is 4.84. The van der Waals surface area contributed by atoms with Crippen LogP contribution in [0.2, 0.25) is 0 Å². The molecule has 0 fully saturated rings. The predicted octanol–water partition coefficient (Wildman–Crippen LogP) is 3.14. The van der Waals surface area contributed by atoms with E-state index in [-0.39, 0.29) is 11.9 Å². The molecular formula is C17H24N4O2. The lowest BCUT2D eigenvalue weighted by molar-refractivity contribution is 0.0787. The van der Waals surface area contributed by atoms with E-state index in [9.17, 15) is 4.79 Å². The van der Waals surface area contributed by atoms with Gasteiger partial charge in [0.25, 0.3) is 5.91 Å². The molecule has 0 aliphatic carbocycles. The summed E-state index contributed by atoms with van der Waals surface area (Å²) in [5, 5.41) is 0. The Kier molecular flexibility index (Phi) is 5.73. The molecule has 0 atom stereocenters. The fourth-order valence-electron chi connectivity index (χ4n) is 2.30. The van der Waals surface area contributed by atoms with Crippen LogP contribution in [0.5, 0.6) is 0 Å². The van der Waals surface area contributed by atoms with Gasteiger partial charge in [-0.3, -0.25) is 4.79 Å². The van der Waals surface area contributed by atoms with Gasteiger partial charge in [-0.25, -0.2) is 9.97 Å². The number of nitrogen functional groups attached to an aromatic ring is 1. The van der Waals surface area contributed by atoms with Crippen LogP contribution in [0, 0.1) is 0 Å². The number of aryl methyl sites for hydroxylation is 1. The van der Waals surface area contributed by atoms with Crippen molar-refractivity contribution in [3.05, 3.63) is 29.7 Å². The molecule has 2 aromatic rings. The number of unbranched alkanes of at least 4 members (excludes halogenated alkanes) is 2. The molecule has 0 unspecified atom stereocenters. The molecule has 0 aromatic carbocycles. The number of hydrogen-bond acceptors (Lipinski definition) is 5. The van der Waals surface area contributed by atoms with Crippen molar-refractivity contribution < 1.29 is 9.21 Å². The molecule has 2 aromatic heterocycles. The zero-order valence-corrected chi connectivity index (χ0v) is 14.0. The Morgan fingerprint density at radius 1 is 1.26 bits per heavy atom. The fraction of sp³-hybridized carbons (Fsp3) is 0.471. The molecule has 6 nitrogen and oxygen atoms in total. The van der Waals surface area contributed by atoms with Crippen LogP contribution in [0.25, 0.3) is 11.5 Å². The highest BCUT2D eigenvalue weighted by molar-refractivity contribution is 5.93. The Morgan fingerprint density at radius 3 is 2.70 bits per heavy atom. The molecule has 2 heterocycles. The minimum absolute atomic E-state index is 0.0715. The molecule has 2 rings (SSSR count). The third-order valence-electron chi connectivity index (χ3n) is 3.67. The average Bonchev–Trinajstić information content (AvgIpc) is 3.03. The molecule has 0 spiro atoms. The van der Waals surface area contributed by atoms with Gasteiger partial charge in [0, 0.05) is 20.0 Å². The maximum atomic E-state index is 12.5. The Labute approximate surface area is 136 Å². The molecule has 0 saturated heterocycles. The van der Waals surface area contributed by atoms with Crippen molar-refractivity contribution in [3.8, 4) is 11.5 Å². The van der Waals surface area contributed by atoms with E-state index in [0.29, 0.717) is 23.7 Å². The van der Waals surface area contributed by atoms with Crippen molar-refractivity contribution in [3.63, 3.8) is 0 Å². The predicted molar refractivity (Wildman–Crippen MR) is 90.0 cm³/mol. The number of rotatable bonds is 7. The third kappa shape index (κ3) is 4.31. The summed E-state index contributed by atoms with van der Waals surface area (Å²) in [7, 11) is 1.78. The molecular weight excluding hydrogens is 292 g/mol. The minimum Gasteiger partial charge on any atom is -0.459 e. The Balaban J connectivity index is 2.21. The maximum Gasteiger partial charge on any atom is 0.272 e. The van der Waals surface area contributed by atoms with Gasteiger partial charge in [-0.05, 0) is 24.6 Å². The molecule has 1 amide bonds. The summed E-state index contributed by atoms with van der Waals surface area (Å²) in [5.74, 6) is 1.38. The molecule has 2 N–H and O–H groups in total. The zero-order chi connectivity index (χ0) is 16.8. The smallest absolute Gasteiger partial charge is 0.272 e. The van der Waals surface area contributed by atoms with Gasteiger partial charge >= 0.3 is 0 Å². The van der Waals surface area contributed by atoms with Gasteiger partial charge in [-0.1, -0.05) is 26.7 Å². The van der Waals surface area contributed by atoms with E-state index in [1.165, 1.54) is 0 Å². The number of aromatic nitrogens is 2. The summed E-state index contributed by atoms with van der Waals surface area (Å²) in [6, 6.07) is 5.36. The molecule has 124 valence electrons. The fourth-order valence-corrected chi connectivity index (χ4v) is 2.30. The van der Waals surface area contributed by atoms with Gasteiger partial charge < -0.3 is 15.1 Å². The summed E-state index contributed by atoms with van der Waals surface area (Å²) in [6.07, 6.45) is 3.99. The molecule has 0 radical (unpaired) electrons. The maximum absolute atomic E-state index is 12.5. The number of carbonyl (C=O) groups excluding carboxylic acids is 1. The first-order valence-corrected chi connectivity index (χ1v) is 8.04. The summed E-state index contributed by atoms with van der Waals surface area (Å²) < 4.78 is 5.68. The number of nitrogens with zero attached hydrogens (tertiary/aromatic N) is 3. The zero-order valence-electron chi connectivity index (χ0n) is 14.0. The summed E-state index contributed by atoms with van der Waals surface area (Å²) >= 11 is 0. The van der Waals surface area contributed by atoms with E-state index in [4.69, 9.17) is 10.2 Å². The van der Waals surface area contributed by atoms with Crippen LogP contribution in [-0.2, 0) is 6.42 Å². The van der Waals surface area contributed by atoms with Crippen molar-refractivity contribution in [2.75, 3.05) is 19.3 Å². The summed E-state index contributed by atoms with van der Waals surface area (Å²) in [4.78, 5) is 22.4. The Morgan fingerprint density at radius 2 is 2.04 bits per heavy atom. The lowest BCUT2D eigenvalue weighted by Crippen LogP contribution is -2.28. The highest BCUT2D eigenvalue weighted by Gasteiger charge is 2.17.